The van der Waals surface area contributed by atoms with Crippen LogP contribution in [0.5, 0.6) is 0 Å². The van der Waals surface area contributed by atoms with Crippen LogP contribution < -0.4 is 11.1 Å². The van der Waals surface area contributed by atoms with Crippen LogP contribution in [-0.2, 0) is 0 Å². The van der Waals surface area contributed by atoms with E-state index in [0.717, 1.165) is 12.1 Å². The summed E-state index contributed by atoms with van der Waals surface area (Å²) in [5.74, 6) is -0.0778. The normalized spacial score (nSPS) is 15.8. The van der Waals surface area contributed by atoms with Gasteiger partial charge in [0.25, 0.3) is 5.91 Å². The highest BCUT2D eigenvalue weighted by molar-refractivity contribution is 5.99. The average molecular weight is 275 g/mol. The zero-order chi connectivity index (χ0) is 14.5. The molecule has 20 heavy (non-hydrogen) atoms. The van der Waals surface area contributed by atoms with Gasteiger partial charge in [-0.2, -0.15) is 0 Å². The molecule has 0 aromatic heterocycles. The number of carbonyl (C=O) groups is 1. The summed E-state index contributed by atoms with van der Waals surface area (Å²) in [5, 5.41) is 2.96. The lowest BCUT2D eigenvalue weighted by atomic mass is 10.1. The Labute approximate surface area is 121 Å². The maximum Gasteiger partial charge on any atom is 0.253 e. The highest BCUT2D eigenvalue weighted by Crippen LogP contribution is 2.21. The van der Waals surface area contributed by atoms with Crippen molar-refractivity contribution >= 4 is 11.6 Å². The van der Waals surface area contributed by atoms with Crippen molar-refractivity contribution in [2.24, 2.45) is 0 Å². The van der Waals surface area contributed by atoms with E-state index in [9.17, 15) is 4.79 Å². The van der Waals surface area contributed by atoms with Gasteiger partial charge in [-0.1, -0.05) is 24.5 Å². The Morgan fingerprint density at radius 3 is 2.80 bits per heavy atom. The van der Waals surface area contributed by atoms with E-state index < -0.39 is 0 Å². The molecule has 0 aliphatic heterocycles. The van der Waals surface area contributed by atoms with Gasteiger partial charge in [0.15, 0.2) is 0 Å². The lowest BCUT2D eigenvalue weighted by molar-refractivity contribution is 0.0948. The first-order valence-electron chi connectivity index (χ1n) is 7.42. The molecule has 4 heteroatoms. The first kappa shape index (κ1) is 14.9. The van der Waals surface area contributed by atoms with E-state index in [1.165, 1.54) is 25.7 Å². The van der Waals surface area contributed by atoms with E-state index in [4.69, 9.17) is 5.73 Å². The predicted molar refractivity (Wildman–Crippen MR) is 82.8 cm³/mol. The second-order valence-corrected chi connectivity index (χ2v) is 5.77. The quantitative estimate of drug-likeness (QED) is 0.810. The first-order valence-corrected chi connectivity index (χ1v) is 7.42. The van der Waals surface area contributed by atoms with E-state index in [1.54, 1.807) is 6.07 Å². The van der Waals surface area contributed by atoms with Gasteiger partial charge < -0.3 is 16.0 Å². The molecule has 0 unspecified atom stereocenters. The number of likely N-dealkylation sites (N-methyl/N-ethyl adjacent to an activating group) is 1. The van der Waals surface area contributed by atoms with Gasteiger partial charge in [-0.15, -0.1) is 0 Å². The molecule has 3 N–H and O–H groups in total. The minimum atomic E-state index is -0.0778. The minimum absolute atomic E-state index is 0.0778. The number of amides is 1. The van der Waals surface area contributed by atoms with Crippen LogP contribution in [0.3, 0.4) is 0 Å². The smallest absolute Gasteiger partial charge is 0.253 e. The number of nitrogens with zero attached hydrogens (tertiary/aromatic N) is 1. The summed E-state index contributed by atoms with van der Waals surface area (Å²) in [4.78, 5) is 14.5. The molecule has 1 amide bonds. The molecule has 4 nitrogen and oxygen atoms in total. The number of carbonyl (C=O) groups excluding carboxylic acids is 1. The Morgan fingerprint density at radius 1 is 1.40 bits per heavy atom. The fraction of sp³-hybridized carbons (Fsp3) is 0.562. The van der Waals surface area contributed by atoms with Crippen LogP contribution in [-0.4, -0.2) is 37.0 Å². The Hall–Kier alpha value is -1.55. The number of nitrogens with one attached hydrogen (secondary N) is 1. The summed E-state index contributed by atoms with van der Waals surface area (Å²) in [6.45, 7) is 3.52. The summed E-state index contributed by atoms with van der Waals surface area (Å²) in [5.41, 5.74) is 8.02. The summed E-state index contributed by atoms with van der Waals surface area (Å²) in [6, 6.07) is 6.23. The third-order valence-corrected chi connectivity index (χ3v) is 4.15. The number of anilines is 1. The predicted octanol–water partition coefficient (Wildman–Crippen LogP) is 2.18. The van der Waals surface area contributed by atoms with Gasteiger partial charge in [0.05, 0.1) is 5.56 Å². The van der Waals surface area contributed by atoms with Gasteiger partial charge in [-0.3, -0.25) is 4.79 Å². The van der Waals surface area contributed by atoms with Crippen LogP contribution in [0.25, 0.3) is 0 Å². The van der Waals surface area contributed by atoms with Gasteiger partial charge in [0.1, 0.15) is 0 Å². The van der Waals surface area contributed by atoms with Crippen LogP contribution in [0.1, 0.15) is 41.6 Å². The summed E-state index contributed by atoms with van der Waals surface area (Å²) < 4.78 is 0. The maximum atomic E-state index is 12.1. The average Bonchev–Trinajstić information content (AvgIpc) is 2.95. The van der Waals surface area contributed by atoms with Crippen LogP contribution in [0, 0.1) is 6.92 Å². The standard InChI is InChI=1S/C16H25N3O/c1-12-7-8-15(17)14(11-12)16(20)18-9-10-19(2)13-5-3-4-6-13/h7-8,11,13H,3-6,9-10,17H2,1-2H3,(H,18,20). The lowest BCUT2D eigenvalue weighted by Gasteiger charge is -2.24. The molecule has 0 spiro atoms. The summed E-state index contributed by atoms with van der Waals surface area (Å²) >= 11 is 0. The largest absolute Gasteiger partial charge is 0.398 e. The number of hydrogen-bond donors (Lipinski definition) is 2. The highest BCUT2D eigenvalue weighted by Gasteiger charge is 2.19. The van der Waals surface area contributed by atoms with Crippen LogP contribution in [0.4, 0.5) is 5.69 Å². The molecular formula is C16H25N3O. The molecule has 1 saturated carbocycles. The molecular weight excluding hydrogens is 250 g/mol. The van der Waals surface area contributed by atoms with Crippen molar-refractivity contribution in [3.05, 3.63) is 29.3 Å². The number of benzene rings is 1. The molecule has 0 saturated heterocycles. The molecule has 1 fully saturated rings. The Kier molecular flexibility index (Phi) is 5.01. The van der Waals surface area contributed by atoms with E-state index in [1.807, 2.05) is 19.1 Å². The molecule has 2 rings (SSSR count). The maximum absolute atomic E-state index is 12.1. The minimum Gasteiger partial charge on any atom is -0.398 e. The zero-order valence-corrected chi connectivity index (χ0v) is 12.5. The molecule has 1 aromatic carbocycles. The van der Waals surface area contributed by atoms with Crippen molar-refractivity contribution in [1.29, 1.82) is 0 Å². The molecule has 0 radical (unpaired) electrons. The Morgan fingerprint density at radius 2 is 2.10 bits per heavy atom. The number of aryl methyl sites for hydroxylation is 1. The van der Waals surface area contributed by atoms with Crippen LogP contribution in [0.15, 0.2) is 18.2 Å². The summed E-state index contributed by atoms with van der Waals surface area (Å²) in [7, 11) is 2.14. The van der Waals surface area contributed by atoms with Crippen molar-refractivity contribution in [2.45, 2.75) is 38.6 Å². The van der Waals surface area contributed by atoms with Crippen molar-refractivity contribution in [1.82, 2.24) is 10.2 Å². The number of hydrogen-bond acceptors (Lipinski definition) is 3. The number of nitrogen functional groups attached to an aromatic ring is 1. The van der Waals surface area contributed by atoms with Gasteiger partial charge in [-0.25, -0.2) is 0 Å². The highest BCUT2D eigenvalue weighted by atomic mass is 16.1. The molecule has 1 aromatic rings. The van der Waals surface area contributed by atoms with Gasteiger partial charge in [-0.05, 0) is 38.9 Å². The monoisotopic (exact) mass is 275 g/mol. The van der Waals surface area contributed by atoms with Crippen molar-refractivity contribution in [2.75, 3.05) is 25.9 Å². The fourth-order valence-electron chi connectivity index (χ4n) is 2.84. The summed E-state index contributed by atoms with van der Waals surface area (Å²) in [6.07, 6.45) is 5.24. The van der Waals surface area contributed by atoms with Gasteiger partial charge in [0.2, 0.25) is 0 Å². The Bertz CT molecular complexity index is 467. The van der Waals surface area contributed by atoms with Crippen molar-refractivity contribution in [3.8, 4) is 0 Å². The first-order chi connectivity index (χ1) is 9.58. The second kappa shape index (κ2) is 6.75. The van der Waals surface area contributed by atoms with Crippen LogP contribution in [0.2, 0.25) is 0 Å². The third kappa shape index (κ3) is 3.73. The molecule has 1 aliphatic carbocycles. The number of rotatable bonds is 5. The Balaban J connectivity index is 1.81. The fourth-order valence-corrected chi connectivity index (χ4v) is 2.84. The molecule has 0 heterocycles. The lowest BCUT2D eigenvalue weighted by Crippen LogP contribution is -2.37. The molecule has 1 aliphatic rings. The van der Waals surface area contributed by atoms with E-state index in [2.05, 4.69) is 17.3 Å². The molecule has 0 bridgehead atoms. The van der Waals surface area contributed by atoms with E-state index in [-0.39, 0.29) is 5.91 Å². The number of nitrogens with two attached hydrogens (primary N) is 1. The van der Waals surface area contributed by atoms with Gasteiger partial charge >= 0.3 is 0 Å². The van der Waals surface area contributed by atoms with Crippen molar-refractivity contribution in [3.63, 3.8) is 0 Å². The third-order valence-electron chi connectivity index (χ3n) is 4.15. The van der Waals surface area contributed by atoms with E-state index in [0.29, 0.717) is 23.8 Å². The SMILES string of the molecule is Cc1ccc(N)c(C(=O)NCCN(C)C2CCCC2)c1. The van der Waals surface area contributed by atoms with E-state index >= 15 is 0 Å². The topological polar surface area (TPSA) is 58.4 Å². The van der Waals surface area contributed by atoms with Crippen LogP contribution >= 0.6 is 0 Å². The van der Waals surface area contributed by atoms with Gasteiger partial charge in [0, 0.05) is 24.8 Å². The second-order valence-electron chi connectivity index (χ2n) is 5.77. The zero-order valence-electron chi connectivity index (χ0n) is 12.5. The van der Waals surface area contributed by atoms with Crippen molar-refractivity contribution < 1.29 is 4.79 Å². The molecule has 110 valence electrons. The molecule has 0 atom stereocenters.